The zero-order valence-electron chi connectivity index (χ0n) is 9.39. The molecule has 2 rings (SSSR count). The van der Waals surface area contributed by atoms with Crippen molar-refractivity contribution in [1.82, 2.24) is 25.5 Å². The van der Waals surface area contributed by atoms with E-state index in [0.717, 1.165) is 0 Å². The number of hydrogen-bond donors (Lipinski definition) is 1. The quantitative estimate of drug-likeness (QED) is 0.910. The topological polar surface area (TPSA) is 74.8 Å². The van der Waals surface area contributed by atoms with Gasteiger partial charge in [-0.25, -0.2) is 4.39 Å². The van der Waals surface area contributed by atoms with Crippen molar-refractivity contribution in [3.8, 4) is 0 Å². The third kappa shape index (κ3) is 2.45. The molecule has 0 aliphatic rings. The number of carbonyl (C=O) groups excluding carboxylic acids is 1. The van der Waals surface area contributed by atoms with Gasteiger partial charge in [0.2, 0.25) is 0 Å². The van der Waals surface area contributed by atoms with Gasteiger partial charge < -0.3 is 4.90 Å². The lowest BCUT2D eigenvalue weighted by molar-refractivity contribution is 0.0772. The first-order valence-electron chi connectivity index (χ1n) is 5.01. The van der Waals surface area contributed by atoms with E-state index >= 15 is 0 Å². The smallest absolute Gasteiger partial charge is 0.295 e. The molecule has 0 spiro atoms. The van der Waals surface area contributed by atoms with Gasteiger partial charge in [0.1, 0.15) is 5.82 Å². The van der Waals surface area contributed by atoms with E-state index in [4.69, 9.17) is 11.6 Å². The van der Waals surface area contributed by atoms with Gasteiger partial charge in [-0.3, -0.25) is 4.79 Å². The first-order chi connectivity index (χ1) is 8.59. The van der Waals surface area contributed by atoms with Gasteiger partial charge in [0.15, 0.2) is 0 Å². The summed E-state index contributed by atoms with van der Waals surface area (Å²) in [7, 11) is 1.50. The minimum absolute atomic E-state index is 0.0267. The van der Waals surface area contributed by atoms with E-state index in [-0.39, 0.29) is 23.0 Å². The van der Waals surface area contributed by atoms with E-state index < -0.39 is 11.7 Å². The molecule has 0 bridgehead atoms. The number of aromatic amines is 1. The summed E-state index contributed by atoms with van der Waals surface area (Å²) in [4.78, 5) is 13.1. The van der Waals surface area contributed by atoms with Crippen LogP contribution in [0.15, 0.2) is 18.2 Å². The van der Waals surface area contributed by atoms with E-state index in [1.165, 1.54) is 24.1 Å². The van der Waals surface area contributed by atoms with E-state index in [9.17, 15) is 9.18 Å². The van der Waals surface area contributed by atoms with Crippen molar-refractivity contribution in [2.24, 2.45) is 0 Å². The molecule has 0 unspecified atom stereocenters. The fourth-order valence-electron chi connectivity index (χ4n) is 1.42. The summed E-state index contributed by atoms with van der Waals surface area (Å²) in [6.45, 7) is 0.0267. The molecular weight excluding hydrogens is 261 g/mol. The lowest BCUT2D eigenvalue weighted by Crippen LogP contribution is -2.27. The summed E-state index contributed by atoms with van der Waals surface area (Å²) in [5, 5.41) is 12.8. The molecule has 8 heteroatoms. The summed E-state index contributed by atoms with van der Waals surface area (Å²) in [5.41, 5.74) is 0.249. The molecule has 1 heterocycles. The number of benzene rings is 1. The Morgan fingerprint density at radius 3 is 2.94 bits per heavy atom. The van der Waals surface area contributed by atoms with Crippen LogP contribution in [-0.2, 0) is 6.54 Å². The van der Waals surface area contributed by atoms with Crippen LogP contribution >= 0.6 is 11.6 Å². The van der Waals surface area contributed by atoms with Gasteiger partial charge in [-0.1, -0.05) is 17.7 Å². The van der Waals surface area contributed by atoms with Crippen molar-refractivity contribution in [1.29, 1.82) is 0 Å². The average molecular weight is 270 g/mol. The maximum absolute atomic E-state index is 13.5. The number of aromatic nitrogens is 4. The van der Waals surface area contributed by atoms with Gasteiger partial charge in [-0.15, -0.1) is 10.2 Å². The SMILES string of the molecule is CN(Cc1c(F)cccc1Cl)C(=O)c1nn[nH]n1. The fourth-order valence-corrected chi connectivity index (χ4v) is 1.64. The molecule has 0 radical (unpaired) electrons. The number of halogens is 2. The van der Waals surface area contributed by atoms with Gasteiger partial charge in [-0.2, -0.15) is 5.21 Å². The molecule has 1 aromatic carbocycles. The third-order valence-corrected chi connectivity index (χ3v) is 2.69. The molecule has 0 saturated heterocycles. The highest BCUT2D eigenvalue weighted by Crippen LogP contribution is 2.20. The maximum Gasteiger partial charge on any atom is 0.295 e. The van der Waals surface area contributed by atoms with Crippen LogP contribution in [0.1, 0.15) is 16.2 Å². The Morgan fingerprint density at radius 2 is 2.33 bits per heavy atom. The maximum atomic E-state index is 13.5. The van der Waals surface area contributed by atoms with Crippen molar-refractivity contribution in [2.45, 2.75) is 6.54 Å². The van der Waals surface area contributed by atoms with E-state index in [1.54, 1.807) is 6.07 Å². The van der Waals surface area contributed by atoms with Gasteiger partial charge in [0.05, 0.1) is 6.54 Å². The van der Waals surface area contributed by atoms with E-state index in [2.05, 4.69) is 20.6 Å². The second kappa shape index (κ2) is 5.09. The fraction of sp³-hybridized carbons (Fsp3) is 0.200. The number of rotatable bonds is 3. The highest BCUT2D eigenvalue weighted by molar-refractivity contribution is 6.31. The Kier molecular flexibility index (Phi) is 3.52. The second-order valence-corrected chi connectivity index (χ2v) is 4.00. The van der Waals surface area contributed by atoms with Crippen LogP contribution in [0.3, 0.4) is 0 Å². The summed E-state index contributed by atoms with van der Waals surface area (Å²) < 4.78 is 13.5. The number of H-pyrrole nitrogens is 1. The molecule has 0 atom stereocenters. The van der Waals surface area contributed by atoms with Crippen molar-refractivity contribution in [3.63, 3.8) is 0 Å². The number of tetrazole rings is 1. The minimum atomic E-state index is -0.469. The Labute approximate surface area is 107 Å². The van der Waals surface area contributed by atoms with Crippen molar-refractivity contribution in [3.05, 3.63) is 40.4 Å². The second-order valence-electron chi connectivity index (χ2n) is 3.60. The molecule has 6 nitrogen and oxygen atoms in total. The first-order valence-corrected chi connectivity index (χ1v) is 5.39. The molecule has 2 aromatic rings. The van der Waals surface area contributed by atoms with Gasteiger partial charge in [-0.05, 0) is 17.3 Å². The standard InChI is InChI=1S/C10H9ClFN5O/c1-17(10(18)9-13-15-16-14-9)5-6-7(11)3-2-4-8(6)12/h2-4H,5H2,1H3,(H,13,14,15,16). The van der Waals surface area contributed by atoms with Gasteiger partial charge >= 0.3 is 0 Å². The van der Waals surface area contributed by atoms with Gasteiger partial charge in [0.25, 0.3) is 11.7 Å². The molecule has 0 saturated carbocycles. The van der Waals surface area contributed by atoms with Crippen molar-refractivity contribution < 1.29 is 9.18 Å². The molecule has 1 N–H and O–H groups in total. The Balaban J connectivity index is 2.17. The lowest BCUT2D eigenvalue weighted by atomic mass is 10.2. The Bertz CT molecular complexity index is 539. The average Bonchev–Trinajstić information content (AvgIpc) is 2.86. The van der Waals surface area contributed by atoms with Crippen molar-refractivity contribution >= 4 is 17.5 Å². The number of nitrogens with one attached hydrogen (secondary N) is 1. The molecular formula is C10H9ClFN5O. The Hall–Kier alpha value is -2.02. The van der Waals surface area contributed by atoms with Crippen LogP contribution in [-0.4, -0.2) is 38.5 Å². The summed E-state index contributed by atoms with van der Waals surface area (Å²) in [6.07, 6.45) is 0. The molecule has 0 aliphatic carbocycles. The lowest BCUT2D eigenvalue weighted by Gasteiger charge is -2.16. The molecule has 0 aliphatic heterocycles. The van der Waals surface area contributed by atoms with Gasteiger partial charge in [0, 0.05) is 17.6 Å². The zero-order valence-corrected chi connectivity index (χ0v) is 10.1. The minimum Gasteiger partial charge on any atom is -0.334 e. The monoisotopic (exact) mass is 269 g/mol. The number of amides is 1. The first kappa shape index (κ1) is 12.4. The van der Waals surface area contributed by atoms with Crippen LogP contribution in [0.5, 0.6) is 0 Å². The normalized spacial score (nSPS) is 10.4. The predicted octanol–water partition coefficient (Wildman–Crippen LogP) is 1.26. The van der Waals surface area contributed by atoms with Crippen LogP contribution < -0.4 is 0 Å². The number of carbonyl (C=O) groups is 1. The van der Waals surface area contributed by atoms with Crippen LogP contribution in [0.25, 0.3) is 0 Å². The summed E-state index contributed by atoms with van der Waals surface area (Å²) in [5.74, 6) is -1.01. The molecule has 1 amide bonds. The molecule has 94 valence electrons. The van der Waals surface area contributed by atoms with E-state index in [1.807, 2.05) is 0 Å². The highest BCUT2D eigenvalue weighted by Gasteiger charge is 2.18. The summed E-state index contributed by atoms with van der Waals surface area (Å²) >= 11 is 5.88. The summed E-state index contributed by atoms with van der Waals surface area (Å²) in [6, 6.07) is 4.35. The zero-order chi connectivity index (χ0) is 13.1. The van der Waals surface area contributed by atoms with Crippen LogP contribution in [0.4, 0.5) is 4.39 Å². The highest BCUT2D eigenvalue weighted by atomic mass is 35.5. The van der Waals surface area contributed by atoms with Crippen LogP contribution in [0, 0.1) is 5.82 Å². The van der Waals surface area contributed by atoms with E-state index in [0.29, 0.717) is 0 Å². The predicted molar refractivity (Wildman–Crippen MR) is 61.4 cm³/mol. The molecule has 1 aromatic heterocycles. The van der Waals surface area contributed by atoms with Crippen molar-refractivity contribution in [2.75, 3.05) is 7.05 Å². The largest absolute Gasteiger partial charge is 0.334 e. The molecule has 18 heavy (non-hydrogen) atoms. The Morgan fingerprint density at radius 1 is 1.56 bits per heavy atom. The molecule has 0 fully saturated rings. The van der Waals surface area contributed by atoms with Crippen LogP contribution in [0.2, 0.25) is 5.02 Å². The third-order valence-electron chi connectivity index (χ3n) is 2.34. The number of nitrogens with zero attached hydrogens (tertiary/aromatic N) is 4. The number of hydrogen-bond acceptors (Lipinski definition) is 4.